The molecule has 0 saturated carbocycles. The highest BCUT2D eigenvalue weighted by atomic mass is 16.6. The molecule has 0 aliphatic heterocycles. The summed E-state index contributed by atoms with van der Waals surface area (Å²) in [6.07, 6.45) is 0.0451. The van der Waals surface area contributed by atoms with Crippen LogP contribution in [0.1, 0.15) is 33.6 Å². The molecule has 0 spiro atoms. The van der Waals surface area contributed by atoms with Crippen molar-refractivity contribution in [3.8, 4) is 0 Å². The predicted molar refractivity (Wildman–Crippen MR) is 56.3 cm³/mol. The lowest BCUT2D eigenvalue weighted by Gasteiger charge is -2.16. The molecule has 0 fully saturated rings. The zero-order valence-electron chi connectivity index (χ0n) is 9.45. The number of rotatable bonds is 3. The molecule has 0 aliphatic carbocycles. The Bertz CT molecular complexity index is 199. The minimum atomic E-state index is -0.773. The Kier molecular flexibility index (Phi) is 8.66. The van der Waals surface area contributed by atoms with Crippen molar-refractivity contribution in [1.29, 1.82) is 0 Å². The second-order valence-electron chi connectivity index (χ2n) is 3.82. The van der Waals surface area contributed by atoms with Crippen molar-refractivity contribution in [3.63, 3.8) is 0 Å². The predicted octanol–water partition coefficient (Wildman–Crippen LogP) is 0.690. The number of carbonyl (C=O) groups excluding carboxylic acids is 1. The number of hydrogen-bond acceptors (Lipinski definition) is 4. The molecule has 6 nitrogen and oxygen atoms in total. The van der Waals surface area contributed by atoms with Crippen LogP contribution in [-0.2, 0) is 9.53 Å². The molecular formula is C9H20N2O4. The van der Waals surface area contributed by atoms with E-state index in [1.807, 2.05) is 0 Å². The van der Waals surface area contributed by atoms with Crippen LogP contribution < -0.4 is 11.5 Å². The maximum Gasteiger partial charge on any atom is 0.405 e. The topological polar surface area (TPSA) is 116 Å². The van der Waals surface area contributed by atoms with Crippen LogP contribution in [0.15, 0.2) is 0 Å². The van der Waals surface area contributed by atoms with Crippen LogP contribution >= 0.6 is 0 Å². The van der Waals surface area contributed by atoms with E-state index < -0.39 is 17.7 Å². The number of hydrogen-bond donors (Lipinski definition) is 3. The van der Waals surface area contributed by atoms with Crippen molar-refractivity contribution in [2.75, 3.05) is 6.54 Å². The lowest BCUT2D eigenvalue weighted by atomic mass is 10.2. The SMILES string of the molecule is CC(C)(C)OC(N)=O.NCCCC(=O)O. The summed E-state index contributed by atoms with van der Waals surface area (Å²) < 4.78 is 4.58. The van der Waals surface area contributed by atoms with E-state index in [0.29, 0.717) is 13.0 Å². The molecule has 6 heteroatoms. The normalized spacial score (nSPS) is 9.87. The first-order valence-electron chi connectivity index (χ1n) is 4.59. The fraction of sp³-hybridized carbons (Fsp3) is 0.778. The molecule has 0 unspecified atom stereocenters. The van der Waals surface area contributed by atoms with Crippen molar-refractivity contribution in [3.05, 3.63) is 0 Å². The van der Waals surface area contributed by atoms with Crippen molar-refractivity contribution in [2.24, 2.45) is 11.5 Å². The fourth-order valence-corrected chi connectivity index (χ4v) is 0.555. The van der Waals surface area contributed by atoms with Gasteiger partial charge in [0.25, 0.3) is 0 Å². The number of carboxylic acid groups (broad SMARTS) is 1. The first kappa shape index (κ1) is 16.1. The molecule has 1 amide bonds. The highest BCUT2D eigenvalue weighted by molar-refractivity contribution is 5.66. The molecule has 0 radical (unpaired) electrons. The standard InChI is InChI=1S/C5H11NO2.C4H9NO2/c1-5(2,3)8-4(6)7;5-3-1-2-4(6)7/h1-3H3,(H2,6,7);1-3,5H2,(H,6,7). The Balaban J connectivity index is 0. The van der Waals surface area contributed by atoms with E-state index in [0.717, 1.165) is 0 Å². The van der Waals surface area contributed by atoms with Crippen LogP contribution in [0.25, 0.3) is 0 Å². The minimum Gasteiger partial charge on any atom is -0.481 e. The molecule has 0 rings (SSSR count). The molecule has 0 atom stereocenters. The van der Waals surface area contributed by atoms with Gasteiger partial charge in [0.15, 0.2) is 0 Å². The van der Waals surface area contributed by atoms with Gasteiger partial charge in [-0.3, -0.25) is 4.79 Å². The number of carbonyl (C=O) groups is 2. The Labute approximate surface area is 89.6 Å². The number of amides is 1. The second-order valence-corrected chi connectivity index (χ2v) is 3.82. The molecule has 0 aromatic rings. The second kappa shape index (κ2) is 8.05. The molecule has 90 valence electrons. The van der Waals surface area contributed by atoms with Gasteiger partial charge in [0.1, 0.15) is 5.60 Å². The largest absolute Gasteiger partial charge is 0.481 e. The van der Waals surface area contributed by atoms with Gasteiger partial charge in [-0.2, -0.15) is 0 Å². The van der Waals surface area contributed by atoms with Crippen molar-refractivity contribution in [2.45, 2.75) is 39.2 Å². The van der Waals surface area contributed by atoms with Gasteiger partial charge in [-0.05, 0) is 33.7 Å². The van der Waals surface area contributed by atoms with Gasteiger partial charge in [0.2, 0.25) is 0 Å². The summed E-state index contributed by atoms with van der Waals surface area (Å²) in [6, 6.07) is 0. The van der Waals surface area contributed by atoms with Crippen molar-refractivity contribution in [1.82, 2.24) is 0 Å². The minimum absolute atomic E-state index is 0.191. The molecular weight excluding hydrogens is 200 g/mol. The van der Waals surface area contributed by atoms with Crippen LogP contribution in [0, 0.1) is 0 Å². The number of nitrogens with two attached hydrogens (primary N) is 2. The highest BCUT2D eigenvalue weighted by Gasteiger charge is 2.12. The quantitative estimate of drug-likeness (QED) is 0.647. The third-order valence-electron chi connectivity index (χ3n) is 1.00. The van der Waals surface area contributed by atoms with Gasteiger partial charge in [-0.1, -0.05) is 0 Å². The smallest absolute Gasteiger partial charge is 0.405 e. The molecule has 0 saturated heterocycles. The Hall–Kier alpha value is -1.30. The summed E-state index contributed by atoms with van der Waals surface area (Å²) in [7, 11) is 0. The Morgan fingerprint density at radius 1 is 1.33 bits per heavy atom. The maximum atomic E-state index is 10.0. The number of primary amides is 1. The zero-order chi connectivity index (χ0) is 12.5. The maximum absolute atomic E-state index is 10.0. The van der Waals surface area contributed by atoms with Gasteiger partial charge in [-0.15, -0.1) is 0 Å². The first-order valence-corrected chi connectivity index (χ1v) is 4.59. The van der Waals surface area contributed by atoms with E-state index >= 15 is 0 Å². The van der Waals surface area contributed by atoms with Crippen molar-refractivity contribution < 1.29 is 19.4 Å². The van der Waals surface area contributed by atoms with E-state index in [9.17, 15) is 9.59 Å². The van der Waals surface area contributed by atoms with E-state index in [1.165, 1.54) is 0 Å². The first-order chi connectivity index (χ1) is 6.69. The van der Waals surface area contributed by atoms with E-state index in [4.69, 9.17) is 16.6 Å². The van der Waals surface area contributed by atoms with Gasteiger partial charge >= 0.3 is 12.1 Å². The van der Waals surface area contributed by atoms with Gasteiger partial charge in [-0.25, -0.2) is 4.79 Å². The number of aliphatic carboxylic acids is 1. The van der Waals surface area contributed by atoms with Crippen LogP contribution in [0.3, 0.4) is 0 Å². The summed E-state index contributed by atoms with van der Waals surface area (Å²) >= 11 is 0. The van der Waals surface area contributed by atoms with Crippen molar-refractivity contribution >= 4 is 12.1 Å². The number of ether oxygens (including phenoxy) is 1. The van der Waals surface area contributed by atoms with Crippen LogP contribution in [0.5, 0.6) is 0 Å². The van der Waals surface area contributed by atoms with E-state index in [1.54, 1.807) is 20.8 Å². The van der Waals surface area contributed by atoms with Crippen LogP contribution in [-0.4, -0.2) is 29.3 Å². The van der Waals surface area contributed by atoms with Crippen LogP contribution in [0.2, 0.25) is 0 Å². The Morgan fingerprint density at radius 3 is 1.87 bits per heavy atom. The highest BCUT2D eigenvalue weighted by Crippen LogP contribution is 2.04. The average molecular weight is 220 g/mol. The zero-order valence-corrected chi connectivity index (χ0v) is 9.45. The average Bonchev–Trinajstić information content (AvgIpc) is 1.96. The molecule has 0 bridgehead atoms. The summed E-state index contributed by atoms with van der Waals surface area (Å²) in [5, 5.41) is 7.99. The summed E-state index contributed by atoms with van der Waals surface area (Å²) in [6.45, 7) is 5.75. The molecule has 0 aliphatic rings. The Morgan fingerprint density at radius 2 is 1.80 bits per heavy atom. The lowest BCUT2D eigenvalue weighted by molar-refractivity contribution is -0.137. The van der Waals surface area contributed by atoms with E-state index in [-0.39, 0.29) is 6.42 Å². The van der Waals surface area contributed by atoms with E-state index in [2.05, 4.69) is 4.74 Å². The van der Waals surface area contributed by atoms with Crippen LogP contribution in [0.4, 0.5) is 4.79 Å². The molecule has 0 aromatic carbocycles. The molecule has 15 heavy (non-hydrogen) atoms. The third kappa shape index (κ3) is 24.5. The monoisotopic (exact) mass is 220 g/mol. The summed E-state index contributed by atoms with van der Waals surface area (Å²) in [5.74, 6) is -0.773. The molecule has 0 aromatic heterocycles. The van der Waals surface area contributed by atoms with Gasteiger partial charge in [0, 0.05) is 6.42 Å². The molecule has 5 N–H and O–H groups in total. The van der Waals surface area contributed by atoms with Gasteiger partial charge in [0.05, 0.1) is 0 Å². The fourth-order valence-electron chi connectivity index (χ4n) is 0.555. The lowest BCUT2D eigenvalue weighted by Crippen LogP contribution is -2.27. The summed E-state index contributed by atoms with van der Waals surface area (Å²) in [4.78, 5) is 19.7. The summed E-state index contributed by atoms with van der Waals surface area (Å²) in [5.41, 5.74) is 9.28. The molecule has 0 heterocycles. The van der Waals surface area contributed by atoms with Gasteiger partial charge < -0.3 is 21.3 Å². The third-order valence-corrected chi connectivity index (χ3v) is 1.00. The number of carboxylic acids is 1.